The Morgan fingerprint density at radius 1 is 1.06 bits per heavy atom. The Hall–Kier alpha value is -3.32. The highest BCUT2D eigenvalue weighted by Crippen LogP contribution is 2.33. The van der Waals surface area contributed by atoms with E-state index < -0.39 is 0 Å². The largest absolute Gasteiger partial charge is 0.321 e. The standard InChI is InChI=1S/C29H36N6O/c1-4-26(28-31-32-33-35(28)25-13-9-6-10-14-25)34(18-22-11-7-5-8-12-22)19-24-17-23-16-15-20(2)21(3)27(23)30-29(24)36/h5,7-8,11-12,15-17,25-26H,4,6,9-10,13-14,18-19H2,1-3H3,(H,30,36)/t26-/m1/s1. The van der Waals surface area contributed by atoms with E-state index in [4.69, 9.17) is 0 Å². The van der Waals surface area contributed by atoms with E-state index in [1.54, 1.807) is 0 Å². The maximum absolute atomic E-state index is 13.3. The van der Waals surface area contributed by atoms with E-state index in [1.807, 2.05) is 6.07 Å². The number of nitrogens with zero attached hydrogens (tertiary/aromatic N) is 5. The minimum absolute atomic E-state index is 0.00279. The normalized spacial score (nSPS) is 15.6. The van der Waals surface area contributed by atoms with Crippen LogP contribution in [0.3, 0.4) is 0 Å². The maximum atomic E-state index is 13.3. The first-order valence-corrected chi connectivity index (χ1v) is 13.2. The molecule has 4 aromatic rings. The summed E-state index contributed by atoms with van der Waals surface area (Å²) in [5.74, 6) is 0.906. The van der Waals surface area contributed by atoms with Crippen LogP contribution in [-0.4, -0.2) is 30.1 Å². The van der Waals surface area contributed by atoms with Crippen LogP contribution < -0.4 is 5.56 Å². The zero-order valence-electron chi connectivity index (χ0n) is 21.6. The number of tetrazole rings is 1. The van der Waals surface area contributed by atoms with Gasteiger partial charge in [-0.25, -0.2) is 4.68 Å². The van der Waals surface area contributed by atoms with Gasteiger partial charge in [-0.15, -0.1) is 5.10 Å². The number of H-pyrrole nitrogens is 1. The highest BCUT2D eigenvalue weighted by Gasteiger charge is 2.29. The first-order valence-electron chi connectivity index (χ1n) is 13.2. The number of pyridine rings is 1. The molecule has 0 aliphatic heterocycles. The van der Waals surface area contributed by atoms with Crippen LogP contribution in [0, 0.1) is 13.8 Å². The van der Waals surface area contributed by atoms with Crippen molar-refractivity contribution >= 4 is 10.9 Å². The van der Waals surface area contributed by atoms with Crippen molar-refractivity contribution in [1.29, 1.82) is 0 Å². The summed E-state index contributed by atoms with van der Waals surface area (Å²) in [5, 5.41) is 14.1. The number of benzene rings is 2. The molecule has 0 saturated heterocycles. The monoisotopic (exact) mass is 484 g/mol. The second kappa shape index (κ2) is 10.7. The minimum atomic E-state index is -0.0315. The van der Waals surface area contributed by atoms with Crippen LogP contribution in [0.4, 0.5) is 0 Å². The molecule has 2 aromatic carbocycles. The Bertz CT molecular complexity index is 1370. The summed E-state index contributed by atoms with van der Waals surface area (Å²) in [6.07, 6.45) is 6.82. The summed E-state index contributed by atoms with van der Waals surface area (Å²) < 4.78 is 2.07. The molecule has 2 aromatic heterocycles. The van der Waals surface area contributed by atoms with Gasteiger partial charge in [-0.2, -0.15) is 0 Å². The lowest BCUT2D eigenvalue weighted by Gasteiger charge is -2.32. The van der Waals surface area contributed by atoms with Gasteiger partial charge in [0.05, 0.1) is 17.6 Å². The van der Waals surface area contributed by atoms with Crippen LogP contribution in [-0.2, 0) is 13.1 Å². The lowest BCUT2D eigenvalue weighted by Crippen LogP contribution is -2.33. The van der Waals surface area contributed by atoms with Crippen LogP contribution in [0.15, 0.2) is 53.3 Å². The minimum Gasteiger partial charge on any atom is -0.321 e. The molecule has 36 heavy (non-hydrogen) atoms. The second-order valence-electron chi connectivity index (χ2n) is 10.2. The van der Waals surface area contributed by atoms with E-state index in [2.05, 4.69) is 93.3 Å². The molecule has 1 N–H and O–H groups in total. The molecule has 1 aliphatic carbocycles. The zero-order valence-corrected chi connectivity index (χ0v) is 21.6. The average Bonchev–Trinajstić information content (AvgIpc) is 3.38. The number of aromatic nitrogens is 5. The summed E-state index contributed by atoms with van der Waals surface area (Å²) in [6, 6.07) is 17.1. The summed E-state index contributed by atoms with van der Waals surface area (Å²) in [5.41, 5.74) is 5.16. The highest BCUT2D eigenvalue weighted by molar-refractivity contribution is 5.83. The van der Waals surface area contributed by atoms with E-state index >= 15 is 0 Å². The van der Waals surface area contributed by atoms with E-state index in [1.165, 1.54) is 30.4 Å². The number of aromatic amines is 1. The molecule has 1 fully saturated rings. The summed E-state index contributed by atoms with van der Waals surface area (Å²) in [6.45, 7) is 7.54. The van der Waals surface area contributed by atoms with Gasteiger partial charge in [0.1, 0.15) is 0 Å². The summed E-state index contributed by atoms with van der Waals surface area (Å²) >= 11 is 0. The van der Waals surface area contributed by atoms with Crippen LogP contribution in [0.5, 0.6) is 0 Å². The number of fused-ring (bicyclic) bond motifs is 1. The van der Waals surface area contributed by atoms with Crippen molar-refractivity contribution < 1.29 is 0 Å². The molecule has 0 spiro atoms. The van der Waals surface area contributed by atoms with Crippen molar-refractivity contribution in [3.8, 4) is 0 Å². The Balaban J connectivity index is 1.53. The van der Waals surface area contributed by atoms with Gasteiger partial charge in [0.2, 0.25) is 0 Å². The van der Waals surface area contributed by atoms with Crippen molar-refractivity contribution in [2.75, 3.05) is 0 Å². The average molecular weight is 485 g/mol. The third kappa shape index (κ3) is 4.98. The Morgan fingerprint density at radius 3 is 2.58 bits per heavy atom. The molecular weight excluding hydrogens is 448 g/mol. The fourth-order valence-corrected chi connectivity index (χ4v) is 5.61. The molecule has 7 nitrogen and oxygen atoms in total. The summed E-state index contributed by atoms with van der Waals surface area (Å²) in [4.78, 5) is 18.8. The maximum Gasteiger partial charge on any atom is 0.252 e. The number of hydrogen-bond acceptors (Lipinski definition) is 5. The zero-order chi connectivity index (χ0) is 25.1. The van der Waals surface area contributed by atoms with Crippen molar-refractivity contribution in [1.82, 2.24) is 30.1 Å². The molecule has 0 radical (unpaired) electrons. The first-order chi connectivity index (χ1) is 17.5. The number of hydrogen-bond donors (Lipinski definition) is 1. The topological polar surface area (TPSA) is 79.7 Å². The quantitative estimate of drug-likeness (QED) is 0.342. The third-order valence-corrected chi connectivity index (χ3v) is 7.79. The number of rotatable bonds is 8. The predicted octanol–water partition coefficient (Wildman–Crippen LogP) is 5.79. The SMILES string of the molecule is CC[C@H](c1nnnn1C1CCCCC1)N(Cc1ccccc1)Cc1cc2ccc(C)c(C)c2[nH]c1=O. The smallest absolute Gasteiger partial charge is 0.252 e. The Kier molecular flexibility index (Phi) is 7.28. The van der Waals surface area contributed by atoms with Crippen molar-refractivity contribution in [3.05, 3.63) is 87.0 Å². The predicted molar refractivity (Wildman–Crippen MR) is 143 cm³/mol. The van der Waals surface area contributed by atoms with Crippen LogP contribution in [0.2, 0.25) is 0 Å². The number of aryl methyl sites for hydroxylation is 2. The van der Waals surface area contributed by atoms with E-state index in [0.29, 0.717) is 19.1 Å². The fourth-order valence-electron chi connectivity index (χ4n) is 5.61. The molecule has 2 heterocycles. The van der Waals surface area contributed by atoms with Crippen LogP contribution in [0.25, 0.3) is 10.9 Å². The van der Waals surface area contributed by atoms with Gasteiger partial charge in [-0.1, -0.05) is 68.7 Å². The fraction of sp³-hybridized carbons (Fsp3) is 0.448. The van der Waals surface area contributed by atoms with Crippen molar-refractivity contribution in [2.24, 2.45) is 0 Å². The van der Waals surface area contributed by atoms with Gasteiger partial charge in [0, 0.05) is 18.7 Å². The van der Waals surface area contributed by atoms with Crippen LogP contribution in [0.1, 0.15) is 85.6 Å². The molecule has 5 rings (SSSR count). The Labute approximate surface area is 212 Å². The van der Waals surface area contributed by atoms with Crippen LogP contribution >= 0.6 is 0 Å². The third-order valence-electron chi connectivity index (χ3n) is 7.79. The van der Waals surface area contributed by atoms with Gasteiger partial charge >= 0.3 is 0 Å². The molecular formula is C29H36N6O. The first kappa shape index (κ1) is 24.4. The van der Waals surface area contributed by atoms with Crippen molar-refractivity contribution in [3.63, 3.8) is 0 Å². The highest BCUT2D eigenvalue weighted by atomic mass is 16.1. The molecule has 7 heteroatoms. The van der Waals surface area contributed by atoms with Gasteiger partial charge in [-0.3, -0.25) is 9.69 Å². The Morgan fingerprint density at radius 2 is 1.83 bits per heavy atom. The van der Waals surface area contributed by atoms with E-state index in [-0.39, 0.29) is 11.6 Å². The molecule has 0 unspecified atom stereocenters. The van der Waals surface area contributed by atoms with E-state index in [0.717, 1.165) is 47.1 Å². The molecule has 0 amide bonds. The van der Waals surface area contributed by atoms with Crippen molar-refractivity contribution in [2.45, 2.75) is 84.5 Å². The molecule has 1 saturated carbocycles. The molecule has 1 atom stereocenters. The van der Waals surface area contributed by atoms with Gasteiger partial charge in [0.15, 0.2) is 5.82 Å². The lowest BCUT2D eigenvalue weighted by atomic mass is 9.95. The van der Waals surface area contributed by atoms with Gasteiger partial charge in [0.25, 0.3) is 5.56 Å². The summed E-state index contributed by atoms with van der Waals surface area (Å²) in [7, 11) is 0. The van der Waals surface area contributed by atoms with E-state index in [9.17, 15) is 4.79 Å². The molecule has 188 valence electrons. The number of nitrogens with one attached hydrogen (secondary N) is 1. The van der Waals surface area contributed by atoms with Gasteiger partial charge in [-0.05, 0) is 71.7 Å². The molecule has 0 bridgehead atoms. The van der Waals surface area contributed by atoms with Gasteiger partial charge < -0.3 is 4.98 Å². The lowest BCUT2D eigenvalue weighted by molar-refractivity contribution is 0.155. The molecule has 1 aliphatic rings. The second-order valence-corrected chi connectivity index (χ2v) is 10.2.